The number of fused-ring (bicyclic) bond motifs is 1. The number of benzene rings is 1. The Morgan fingerprint density at radius 1 is 1.16 bits per heavy atom. The molecule has 100 valence electrons. The lowest BCUT2D eigenvalue weighted by molar-refractivity contribution is -0.145. The standard InChI is InChI=1S/C14H16N2O3/c17-12(18)14(7-2-1-3-8-14)9-5-4-6-10-11(9)16-13(19)15-10/h4-6H,1-3,7-8H2,(H,17,18)(H2,15,16,19). The average Bonchev–Trinajstić information content (AvgIpc) is 2.79. The number of aromatic nitrogens is 2. The first-order valence-corrected chi connectivity index (χ1v) is 6.58. The molecule has 1 aliphatic carbocycles. The van der Waals surface area contributed by atoms with Crippen LogP contribution >= 0.6 is 0 Å². The van der Waals surface area contributed by atoms with Gasteiger partial charge in [0.1, 0.15) is 0 Å². The second-order valence-corrected chi connectivity index (χ2v) is 5.26. The number of hydrogen-bond donors (Lipinski definition) is 3. The van der Waals surface area contributed by atoms with Gasteiger partial charge < -0.3 is 15.1 Å². The molecule has 0 unspecified atom stereocenters. The molecule has 0 aliphatic heterocycles. The number of aliphatic carboxylic acids is 1. The van der Waals surface area contributed by atoms with Gasteiger partial charge >= 0.3 is 11.7 Å². The maximum atomic E-state index is 11.8. The van der Waals surface area contributed by atoms with E-state index in [9.17, 15) is 14.7 Å². The van der Waals surface area contributed by atoms with Crippen molar-refractivity contribution in [3.63, 3.8) is 0 Å². The van der Waals surface area contributed by atoms with Crippen LogP contribution in [0, 0.1) is 0 Å². The Labute approximate surface area is 109 Å². The minimum atomic E-state index is -0.858. The summed E-state index contributed by atoms with van der Waals surface area (Å²) < 4.78 is 0. The fourth-order valence-electron chi connectivity index (χ4n) is 3.21. The van der Waals surface area contributed by atoms with Crippen LogP contribution in [0.2, 0.25) is 0 Å². The van der Waals surface area contributed by atoms with Crippen molar-refractivity contribution in [3.8, 4) is 0 Å². The van der Waals surface area contributed by atoms with Crippen molar-refractivity contribution in [1.29, 1.82) is 0 Å². The van der Waals surface area contributed by atoms with Gasteiger partial charge in [0.15, 0.2) is 0 Å². The van der Waals surface area contributed by atoms with Gasteiger partial charge in [-0.2, -0.15) is 0 Å². The van der Waals surface area contributed by atoms with Gasteiger partial charge in [-0.1, -0.05) is 31.4 Å². The molecule has 0 atom stereocenters. The molecule has 5 heteroatoms. The molecule has 2 aromatic rings. The van der Waals surface area contributed by atoms with Crippen LogP contribution in [0.3, 0.4) is 0 Å². The summed E-state index contributed by atoms with van der Waals surface area (Å²) in [7, 11) is 0. The third-order valence-corrected chi connectivity index (χ3v) is 4.18. The van der Waals surface area contributed by atoms with Crippen LogP contribution in [-0.4, -0.2) is 21.0 Å². The van der Waals surface area contributed by atoms with Gasteiger partial charge in [-0.3, -0.25) is 4.79 Å². The number of hydrogen-bond acceptors (Lipinski definition) is 2. The van der Waals surface area contributed by atoms with Crippen molar-refractivity contribution < 1.29 is 9.90 Å². The Kier molecular flexibility index (Phi) is 2.69. The maximum Gasteiger partial charge on any atom is 0.323 e. The molecule has 3 rings (SSSR count). The largest absolute Gasteiger partial charge is 0.481 e. The molecule has 5 nitrogen and oxygen atoms in total. The number of rotatable bonds is 2. The Morgan fingerprint density at radius 3 is 2.58 bits per heavy atom. The number of para-hydroxylation sites is 1. The summed E-state index contributed by atoms with van der Waals surface area (Å²) in [6, 6.07) is 5.42. The van der Waals surface area contributed by atoms with Gasteiger partial charge in [0, 0.05) is 0 Å². The van der Waals surface area contributed by atoms with E-state index >= 15 is 0 Å². The SMILES string of the molecule is O=C(O)C1(c2cccc3[nH]c(=O)[nH]c23)CCCCC1. The van der Waals surface area contributed by atoms with Crippen LogP contribution in [0.15, 0.2) is 23.0 Å². The van der Waals surface area contributed by atoms with Crippen LogP contribution < -0.4 is 5.69 Å². The van der Waals surface area contributed by atoms with Gasteiger partial charge in [0.05, 0.1) is 16.4 Å². The molecule has 0 amide bonds. The van der Waals surface area contributed by atoms with E-state index in [0.29, 0.717) is 23.9 Å². The highest BCUT2D eigenvalue weighted by Gasteiger charge is 2.42. The molecule has 3 N–H and O–H groups in total. The highest BCUT2D eigenvalue weighted by atomic mass is 16.4. The van der Waals surface area contributed by atoms with E-state index in [0.717, 1.165) is 24.8 Å². The van der Waals surface area contributed by atoms with Crippen molar-refractivity contribution in [1.82, 2.24) is 9.97 Å². The molecule has 0 saturated heterocycles. The number of aromatic amines is 2. The van der Waals surface area contributed by atoms with Crippen molar-refractivity contribution in [3.05, 3.63) is 34.2 Å². The number of carboxylic acids is 1. The maximum absolute atomic E-state index is 11.8. The fraction of sp³-hybridized carbons (Fsp3) is 0.429. The molecule has 0 bridgehead atoms. The Morgan fingerprint density at radius 2 is 1.89 bits per heavy atom. The molecule has 1 aromatic carbocycles. The van der Waals surface area contributed by atoms with Crippen LogP contribution in [-0.2, 0) is 10.2 Å². The minimum Gasteiger partial charge on any atom is -0.481 e. The zero-order valence-corrected chi connectivity index (χ0v) is 10.5. The Bertz CT molecular complexity index is 677. The summed E-state index contributed by atoms with van der Waals surface area (Å²) in [6.07, 6.45) is 4.17. The minimum absolute atomic E-state index is 0.293. The van der Waals surface area contributed by atoms with Gasteiger partial charge in [0.2, 0.25) is 0 Å². The summed E-state index contributed by atoms with van der Waals surface area (Å²) in [5, 5.41) is 9.71. The van der Waals surface area contributed by atoms with Crippen molar-refractivity contribution in [2.45, 2.75) is 37.5 Å². The summed E-state index contributed by atoms with van der Waals surface area (Å²) in [5.41, 5.74) is 0.892. The molecule has 1 aromatic heterocycles. The molecule has 19 heavy (non-hydrogen) atoms. The molecule has 1 fully saturated rings. The first-order valence-electron chi connectivity index (χ1n) is 6.58. The van der Waals surface area contributed by atoms with Crippen molar-refractivity contribution in [2.24, 2.45) is 0 Å². The van der Waals surface area contributed by atoms with E-state index in [1.165, 1.54) is 0 Å². The summed E-state index contributed by atoms with van der Waals surface area (Å²) >= 11 is 0. The molecule has 1 saturated carbocycles. The quantitative estimate of drug-likeness (QED) is 0.773. The van der Waals surface area contributed by atoms with Gasteiger partial charge in [0.25, 0.3) is 0 Å². The predicted octanol–water partition coefficient (Wildman–Crippen LogP) is 2.14. The van der Waals surface area contributed by atoms with Gasteiger partial charge in [-0.15, -0.1) is 0 Å². The highest BCUT2D eigenvalue weighted by molar-refractivity contribution is 5.89. The summed E-state index contributed by atoms with van der Waals surface area (Å²) in [6.45, 7) is 0. The average molecular weight is 260 g/mol. The molecule has 0 spiro atoms. The number of carbonyl (C=O) groups is 1. The summed E-state index contributed by atoms with van der Waals surface area (Å²) in [5.74, 6) is -0.790. The normalized spacial score (nSPS) is 18.5. The fourth-order valence-corrected chi connectivity index (χ4v) is 3.21. The van der Waals surface area contributed by atoms with Crippen LogP contribution in [0.25, 0.3) is 11.0 Å². The first-order chi connectivity index (χ1) is 9.13. The lowest BCUT2D eigenvalue weighted by Gasteiger charge is -2.33. The molecule has 1 heterocycles. The predicted molar refractivity (Wildman–Crippen MR) is 71.3 cm³/mol. The third kappa shape index (κ3) is 1.77. The highest BCUT2D eigenvalue weighted by Crippen LogP contribution is 2.41. The van der Waals surface area contributed by atoms with E-state index < -0.39 is 11.4 Å². The number of H-pyrrole nitrogens is 2. The molecular weight excluding hydrogens is 244 g/mol. The van der Waals surface area contributed by atoms with Gasteiger partial charge in [-0.25, -0.2) is 4.79 Å². The molecule has 1 aliphatic rings. The Balaban J connectivity index is 2.25. The zero-order valence-electron chi connectivity index (χ0n) is 10.5. The van der Waals surface area contributed by atoms with Crippen molar-refractivity contribution >= 4 is 17.0 Å². The van der Waals surface area contributed by atoms with Gasteiger partial charge in [-0.05, 0) is 24.5 Å². The Hall–Kier alpha value is -2.04. The number of nitrogens with one attached hydrogen (secondary N) is 2. The third-order valence-electron chi connectivity index (χ3n) is 4.18. The number of carboxylic acid groups (broad SMARTS) is 1. The van der Waals surface area contributed by atoms with Crippen LogP contribution in [0.4, 0.5) is 0 Å². The van der Waals surface area contributed by atoms with E-state index in [1.54, 1.807) is 12.1 Å². The second kappa shape index (κ2) is 4.26. The summed E-state index contributed by atoms with van der Waals surface area (Å²) in [4.78, 5) is 28.7. The topological polar surface area (TPSA) is 85.9 Å². The zero-order chi connectivity index (χ0) is 13.5. The van der Waals surface area contributed by atoms with E-state index in [4.69, 9.17) is 0 Å². The smallest absolute Gasteiger partial charge is 0.323 e. The monoisotopic (exact) mass is 260 g/mol. The number of imidazole rings is 1. The lowest BCUT2D eigenvalue weighted by atomic mass is 9.69. The van der Waals surface area contributed by atoms with Crippen LogP contribution in [0.5, 0.6) is 0 Å². The van der Waals surface area contributed by atoms with Crippen LogP contribution in [0.1, 0.15) is 37.7 Å². The van der Waals surface area contributed by atoms with E-state index in [2.05, 4.69) is 9.97 Å². The second-order valence-electron chi connectivity index (χ2n) is 5.26. The molecule has 0 radical (unpaired) electrons. The lowest BCUT2D eigenvalue weighted by Crippen LogP contribution is -2.38. The first kappa shape index (κ1) is 12.0. The van der Waals surface area contributed by atoms with Crippen molar-refractivity contribution in [2.75, 3.05) is 0 Å². The van der Waals surface area contributed by atoms with E-state index in [-0.39, 0.29) is 5.69 Å². The van der Waals surface area contributed by atoms with E-state index in [1.807, 2.05) is 6.07 Å². The molecular formula is C14H16N2O3.